The van der Waals surface area contributed by atoms with E-state index in [1.807, 2.05) is 6.07 Å². The van der Waals surface area contributed by atoms with Crippen molar-refractivity contribution in [1.82, 2.24) is 0 Å². The van der Waals surface area contributed by atoms with E-state index in [9.17, 15) is 4.57 Å². The van der Waals surface area contributed by atoms with Crippen LogP contribution in [-0.4, -0.2) is 0 Å². The second-order valence-electron chi connectivity index (χ2n) is 4.74. The first-order chi connectivity index (χ1) is 12.6. The van der Waals surface area contributed by atoms with Crippen LogP contribution in [0.1, 0.15) is 6.92 Å². The molecule has 136 valence electrons. The number of benzene rings is 1. The van der Waals surface area contributed by atoms with E-state index in [1.165, 1.54) is 18.2 Å². The number of phosphoric ester groups is 1. The highest BCUT2D eigenvalue weighted by Crippen LogP contribution is 2.53. The van der Waals surface area contributed by atoms with Gasteiger partial charge in [-0.2, -0.15) is 4.57 Å². The third kappa shape index (κ3) is 7.73. The Morgan fingerprint density at radius 3 is 2.00 bits per heavy atom. The van der Waals surface area contributed by atoms with E-state index in [1.54, 1.807) is 67.6 Å². The smallest absolute Gasteiger partial charge is 0.386 e. The highest BCUT2D eigenvalue weighted by Gasteiger charge is 2.33. The van der Waals surface area contributed by atoms with Crippen LogP contribution in [0.3, 0.4) is 0 Å². The average molecular weight is 370 g/mol. The predicted molar refractivity (Wildman–Crippen MR) is 108 cm³/mol. The van der Waals surface area contributed by atoms with Gasteiger partial charge in [0.1, 0.15) is 17.3 Å². The molecule has 26 heavy (non-hydrogen) atoms. The Labute approximate surface area is 155 Å². The zero-order valence-corrected chi connectivity index (χ0v) is 15.7. The van der Waals surface area contributed by atoms with Crippen LogP contribution in [0.15, 0.2) is 116 Å². The molecule has 0 aromatic heterocycles. The van der Waals surface area contributed by atoms with E-state index in [0.717, 1.165) is 0 Å². The second kappa shape index (κ2) is 11.6. The molecule has 0 spiro atoms. The maximum atomic E-state index is 13.3. The van der Waals surface area contributed by atoms with Crippen LogP contribution in [0.4, 0.5) is 0 Å². The molecule has 0 saturated heterocycles. The minimum atomic E-state index is -4.05. The van der Waals surface area contributed by atoms with Gasteiger partial charge in [-0.25, -0.2) is 0 Å². The van der Waals surface area contributed by atoms with E-state index < -0.39 is 7.82 Å². The Morgan fingerprint density at radius 1 is 0.923 bits per heavy atom. The summed E-state index contributed by atoms with van der Waals surface area (Å²) in [6, 6.07) is 8.64. The quantitative estimate of drug-likeness (QED) is 0.248. The highest BCUT2D eigenvalue weighted by atomic mass is 31.2. The molecule has 0 bridgehead atoms. The molecule has 1 atom stereocenters. The van der Waals surface area contributed by atoms with E-state index in [2.05, 4.69) is 19.7 Å². The maximum absolute atomic E-state index is 13.3. The molecule has 4 nitrogen and oxygen atoms in total. The highest BCUT2D eigenvalue weighted by molar-refractivity contribution is 7.49. The standard InChI is InChI=1S/C21H23O4P/c1-5-9-16-20(15-8-4)24-26(22,23-19(13-6-2)14-7-3)25-21-17-11-10-12-18-21/h5-18H,1-2,4H2,3H3/b14-7-,16-9-,19-13+,20-15+. The molecule has 0 aliphatic carbocycles. The lowest BCUT2D eigenvalue weighted by Crippen LogP contribution is -2.02. The van der Waals surface area contributed by atoms with Crippen LogP contribution in [0.2, 0.25) is 0 Å². The topological polar surface area (TPSA) is 44.8 Å². The Balaban J connectivity index is 3.24. The van der Waals surface area contributed by atoms with Crippen molar-refractivity contribution in [2.45, 2.75) is 6.92 Å². The molecule has 0 heterocycles. The van der Waals surface area contributed by atoms with Gasteiger partial charge in [-0.05, 0) is 43.4 Å². The molecular formula is C21H23O4P. The lowest BCUT2D eigenvalue weighted by Gasteiger charge is -2.20. The van der Waals surface area contributed by atoms with Crippen molar-refractivity contribution in [2.75, 3.05) is 0 Å². The molecule has 1 unspecified atom stereocenters. The minimum absolute atomic E-state index is 0.248. The molecule has 5 heteroatoms. The summed E-state index contributed by atoms with van der Waals surface area (Å²) in [5.74, 6) is 0.880. The molecule has 1 rings (SSSR count). The van der Waals surface area contributed by atoms with E-state index in [0.29, 0.717) is 5.75 Å². The third-order valence-corrected chi connectivity index (χ3v) is 3.99. The molecule has 0 fully saturated rings. The molecule has 0 N–H and O–H groups in total. The molecule has 0 aliphatic rings. The van der Waals surface area contributed by atoms with E-state index >= 15 is 0 Å². The van der Waals surface area contributed by atoms with Crippen molar-refractivity contribution in [2.24, 2.45) is 0 Å². The van der Waals surface area contributed by atoms with Gasteiger partial charge in [0, 0.05) is 0 Å². The van der Waals surface area contributed by atoms with Gasteiger partial charge in [0.25, 0.3) is 0 Å². The first kappa shape index (κ1) is 21.1. The Hall–Kier alpha value is -2.97. The third-order valence-electron chi connectivity index (χ3n) is 2.69. The van der Waals surface area contributed by atoms with Crippen molar-refractivity contribution in [3.8, 4) is 5.75 Å². The Bertz CT molecular complexity index is 770. The van der Waals surface area contributed by atoms with Crippen LogP contribution in [0.25, 0.3) is 0 Å². The van der Waals surface area contributed by atoms with Crippen LogP contribution < -0.4 is 4.52 Å². The summed E-state index contributed by atoms with van der Waals surface area (Å²) in [7, 11) is -4.05. The largest absolute Gasteiger partial charge is 0.647 e. The SMILES string of the molecule is C=C/C=C\C(=C/C=C)OP(=O)(OC(/C=C\C)=C/C=C)Oc1ccccc1. The Morgan fingerprint density at radius 2 is 1.50 bits per heavy atom. The van der Waals surface area contributed by atoms with E-state index in [-0.39, 0.29) is 11.5 Å². The lowest BCUT2D eigenvalue weighted by molar-refractivity contribution is 0.232. The van der Waals surface area contributed by atoms with Gasteiger partial charge >= 0.3 is 7.82 Å². The van der Waals surface area contributed by atoms with Gasteiger partial charge < -0.3 is 13.6 Å². The Kier molecular flexibility index (Phi) is 9.37. The van der Waals surface area contributed by atoms with Gasteiger partial charge in [0.15, 0.2) is 0 Å². The molecular weight excluding hydrogens is 347 g/mol. The van der Waals surface area contributed by atoms with Crippen LogP contribution in [0.5, 0.6) is 5.75 Å². The summed E-state index contributed by atoms with van der Waals surface area (Å²) in [6.07, 6.45) is 14.2. The van der Waals surface area contributed by atoms with Gasteiger partial charge in [-0.15, -0.1) is 0 Å². The van der Waals surface area contributed by atoms with Crippen molar-refractivity contribution < 1.29 is 18.1 Å². The molecule has 0 radical (unpaired) electrons. The molecule has 1 aromatic rings. The number of para-hydroxylation sites is 1. The van der Waals surface area contributed by atoms with E-state index in [4.69, 9.17) is 13.6 Å². The first-order valence-electron chi connectivity index (χ1n) is 7.88. The lowest BCUT2D eigenvalue weighted by atomic mass is 10.3. The van der Waals surface area contributed by atoms with Gasteiger partial charge in [-0.1, -0.05) is 68.3 Å². The van der Waals surface area contributed by atoms with Crippen molar-refractivity contribution in [3.63, 3.8) is 0 Å². The first-order valence-corrected chi connectivity index (χ1v) is 9.34. The fraction of sp³-hybridized carbons (Fsp3) is 0.0476. The van der Waals surface area contributed by atoms with Crippen LogP contribution >= 0.6 is 7.82 Å². The summed E-state index contributed by atoms with van der Waals surface area (Å²) < 4.78 is 30.0. The van der Waals surface area contributed by atoms with Crippen molar-refractivity contribution >= 4 is 7.82 Å². The number of allylic oxidation sites excluding steroid dienone is 9. The number of hydrogen-bond acceptors (Lipinski definition) is 4. The maximum Gasteiger partial charge on any atom is 0.647 e. The van der Waals surface area contributed by atoms with Gasteiger partial charge in [0.05, 0.1) is 0 Å². The fourth-order valence-electron chi connectivity index (χ4n) is 1.72. The molecule has 1 aromatic carbocycles. The summed E-state index contributed by atoms with van der Waals surface area (Å²) in [5, 5.41) is 0. The van der Waals surface area contributed by atoms with Gasteiger partial charge in [0.2, 0.25) is 0 Å². The van der Waals surface area contributed by atoms with Gasteiger partial charge in [-0.3, -0.25) is 0 Å². The second-order valence-corrected chi connectivity index (χ2v) is 6.18. The van der Waals surface area contributed by atoms with Crippen molar-refractivity contribution in [3.05, 3.63) is 116 Å². The molecule has 0 aliphatic heterocycles. The summed E-state index contributed by atoms with van der Waals surface area (Å²) in [4.78, 5) is 0. The number of hydrogen-bond donors (Lipinski definition) is 0. The average Bonchev–Trinajstić information content (AvgIpc) is 2.61. The van der Waals surface area contributed by atoms with Crippen LogP contribution in [0, 0.1) is 0 Å². The van der Waals surface area contributed by atoms with Crippen LogP contribution in [-0.2, 0) is 13.6 Å². The zero-order valence-electron chi connectivity index (χ0n) is 14.8. The molecule has 0 saturated carbocycles. The summed E-state index contributed by atoms with van der Waals surface area (Å²) in [6.45, 7) is 12.6. The minimum Gasteiger partial charge on any atom is -0.386 e. The fourth-order valence-corrected chi connectivity index (χ4v) is 2.97. The predicted octanol–water partition coefficient (Wildman–Crippen LogP) is 6.66. The summed E-state index contributed by atoms with van der Waals surface area (Å²) in [5.41, 5.74) is 0. The number of phosphoric acid groups is 1. The molecule has 0 amide bonds. The summed E-state index contributed by atoms with van der Waals surface area (Å²) >= 11 is 0. The normalized spacial score (nSPS) is 14.7. The monoisotopic (exact) mass is 370 g/mol. The zero-order chi connectivity index (χ0) is 19.3. The number of rotatable bonds is 11. The van der Waals surface area contributed by atoms with Crippen molar-refractivity contribution in [1.29, 1.82) is 0 Å².